The van der Waals surface area contributed by atoms with Crippen LogP contribution in [0.25, 0.3) is 0 Å². The van der Waals surface area contributed by atoms with Crippen LogP contribution in [-0.2, 0) is 19.9 Å². The third-order valence-corrected chi connectivity index (χ3v) is 5.50. The number of aliphatic imine (C=N–C) groups is 1. The molecule has 0 bridgehead atoms. The summed E-state index contributed by atoms with van der Waals surface area (Å²) in [7, 11) is 1.99. The van der Waals surface area contributed by atoms with Gasteiger partial charge in [0.25, 0.3) is 0 Å². The molecule has 8 heteroatoms. The first kappa shape index (κ1) is 22.3. The van der Waals surface area contributed by atoms with Crippen molar-refractivity contribution in [3.05, 3.63) is 39.7 Å². The molecule has 0 spiro atoms. The molecule has 2 N–H and O–H groups in total. The van der Waals surface area contributed by atoms with Gasteiger partial charge in [-0.2, -0.15) is 5.10 Å². The smallest absolute Gasteiger partial charge is 0.191 e. The maximum absolute atomic E-state index is 6.34. The maximum Gasteiger partial charge on any atom is 0.191 e. The number of nitrogens with zero attached hydrogens (tertiary/aromatic N) is 3. The molecule has 164 valence electrons. The van der Waals surface area contributed by atoms with Gasteiger partial charge in [-0.1, -0.05) is 11.6 Å². The van der Waals surface area contributed by atoms with Gasteiger partial charge in [0.05, 0.1) is 10.7 Å². The number of aromatic nitrogens is 2. The first-order valence-corrected chi connectivity index (χ1v) is 10.9. The zero-order valence-corrected chi connectivity index (χ0v) is 19.3. The number of rotatable bonds is 7. The SMILES string of the molecule is CCNC(=NCCc1cc(Cl)c2c(c1)OCCO2)NC(C)Cc1c(C)nn(C)c1C. The minimum absolute atomic E-state index is 0.230. The van der Waals surface area contributed by atoms with E-state index < -0.39 is 0 Å². The van der Waals surface area contributed by atoms with Crippen molar-refractivity contribution in [2.24, 2.45) is 12.0 Å². The second-order valence-corrected chi connectivity index (χ2v) is 8.04. The fraction of sp³-hybridized carbons (Fsp3) is 0.545. The Balaban J connectivity index is 1.61. The Kier molecular flexibility index (Phi) is 7.48. The summed E-state index contributed by atoms with van der Waals surface area (Å²) in [6.07, 6.45) is 1.66. The topological polar surface area (TPSA) is 72.7 Å². The third kappa shape index (κ3) is 5.39. The highest BCUT2D eigenvalue weighted by Gasteiger charge is 2.17. The number of ether oxygens (including phenoxy) is 2. The average molecular weight is 434 g/mol. The van der Waals surface area contributed by atoms with Gasteiger partial charge in [0, 0.05) is 31.9 Å². The molecule has 3 rings (SSSR count). The Bertz CT molecular complexity index is 909. The van der Waals surface area contributed by atoms with Gasteiger partial charge in [-0.05, 0) is 63.8 Å². The Morgan fingerprint density at radius 2 is 2.07 bits per heavy atom. The van der Waals surface area contributed by atoms with Crippen molar-refractivity contribution >= 4 is 17.6 Å². The van der Waals surface area contributed by atoms with E-state index in [-0.39, 0.29) is 6.04 Å². The van der Waals surface area contributed by atoms with Gasteiger partial charge in [0.1, 0.15) is 13.2 Å². The minimum Gasteiger partial charge on any atom is -0.486 e. The Morgan fingerprint density at radius 3 is 2.77 bits per heavy atom. The van der Waals surface area contributed by atoms with Gasteiger partial charge in [0.15, 0.2) is 17.5 Å². The zero-order chi connectivity index (χ0) is 21.7. The van der Waals surface area contributed by atoms with Crippen molar-refractivity contribution in [1.29, 1.82) is 0 Å². The Hall–Kier alpha value is -2.41. The molecule has 0 saturated carbocycles. The van der Waals surface area contributed by atoms with Crippen LogP contribution in [0, 0.1) is 13.8 Å². The van der Waals surface area contributed by atoms with Gasteiger partial charge in [-0.25, -0.2) is 0 Å². The standard InChI is InChI=1S/C22H32ClN5O2/c1-6-24-22(26-14(2)11-18-15(3)27-28(5)16(18)4)25-8-7-17-12-19(23)21-20(13-17)29-9-10-30-21/h12-14H,6-11H2,1-5H3,(H2,24,25,26). The molecule has 0 fully saturated rings. The van der Waals surface area contributed by atoms with Gasteiger partial charge in [-0.3, -0.25) is 9.67 Å². The molecular weight excluding hydrogens is 402 g/mol. The summed E-state index contributed by atoms with van der Waals surface area (Å²) in [6, 6.07) is 4.15. The van der Waals surface area contributed by atoms with Gasteiger partial charge in [-0.15, -0.1) is 0 Å². The molecule has 1 atom stereocenters. The maximum atomic E-state index is 6.34. The summed E-state index contributed by atoms with van der Waals surface area (Å²) >= 11 is 6.34. The summed E-state index contributed by atoms with van der Waals surface area (Å²) in [5.74, 6) is 2.17. The van der Waals surface area contributed by atoms with Crippen LogP contribution in [0.15, 0.2) is 17.1 Å². The first-order valence-electron chi connectivity index (χ1n) is 10.5. The molecule has 2 aromatic rings. The number of aryl methyl sites for hydroxylation is 2. The van der Waals surface area contributed by atoms with E-state index in [1.54, 1.807) is 0 Å². The highest BCUT2D eigenvalue weighted by Crippen LogP contribution is 2.38. The third-order valence-electron chi connectivity index (χ3n) is 5.22. The van der Waals surface area contributed by atoms with Crippen molar-refractivity contribution in [3.63, 3.8) is 0 Å². The van der Waals surface area contributed by atoms with E-state index in [0.717, 1.165) is 36.6 Å². The lowest BCUT2D eigenvalue weighted by Crippen LogP contribution is -2.43. The Morgan fingerprint density at radius 1 is 1.30 bits per heavy atom. The van der Waals surface area contributed by atoms with Crippen molar-refractivity contribution in [2.75, 3.05) is 26.3 Å². The molecule has 1 aliphatic heterocycles. The lowest BCUT2D eigenvalue weighted by atomic mass is 10.1. The number of guanidine groups is 1. The van der Waals surface area contributed by atoms with Crippen molar-refractivity contribution < 1.29 is 9.47 Å². The molecule has 30 heavy (non-hydrogen) atoms. The summed E-state index contributed by atoms with van der Waals surface area (Å²) in [5, 5.41) is 11.9. The summed E-state index contributed by atoms with van der Waals surface area (Å²) in [6.45, 7) is 10.9. The molecule has 1 aromatic heterocycles. The predicted molar refractivity (Wildman–Crippen MR) is 121 cm³/mol. The number of hydrogen-bond acceptors (Lipinski definition) is 4. The summed E-state index contributed by atoms with van der Waals surface area (Å²) in [4.78, 5) is 4.74. The molecule has 0 saturated heterocycles. The van der Waals surface area contributed by atoms with Crippen molar-refractivity contribution in [1.82, 2.24) is 20.4 Å². The molecule has 0 amide bonds. The molecule has 7 nitrogen and oxygen atoms in total. The van der Waals surface area contributed by atoms with E-state index in [9.17, 15) is 0 Å². The fourth-order valence-electron chi connectivity index (χ4n) is 3.63. The Labute approximate surface area is 183 Å². The minimum atomic E-state index is 0.230. The van der Waals surface area contributed by atoms with Crippen LogP contribution < -0.4 is 20.1 Å². The average Bonchev–Trinajstić information content (AvgIpc) is 2.94. The highest BCUT2D eigenvalue weighted by atomic mass is 35.5. The normalized spacial score (nSPS) is 14.5. The van der Waals surface area contributed by atoms with Crippen LogP contribution in [0.1, 0.15) is 36.4 Å². The number of nitrogens with one attached hydrogen (secondary N) is 2. The lowest BCUT2D eigenvalue weighted by molar-refractivity contribution is 0.171. The van der Waals surface area contributed by atoms with Crippen LogP contribution in [0.3, 0.4) is 0 Å². The van der Waals surface area contributed by atoms with Crippen molar-refractivity contribution in [2.45, 2.75) is 46.6 Å². The van der Waals surface area contributed by atoms with Crippen LogP contribution in [0.5, 0.6) is 11.5 Å². The zero-order valence-electron chi connectivity index (χ0n) is 18.5. The van der Waals surface area contributed by atoms with E-state index in [4.69, 9.17) is 26.1 Å². The summed E-state index contributed by atoms with van der Waals surface area (Å²) in [5.41, 5.74) is 4.66. The molecule has 1 unspecified atom stereocenters. The largest absolute Gasteiger partial charge is 0.486 e. The van der Waals surface area contributed by atoms with E-state index in [1.165, 1.54) is 11.3 Å². The molecule has 0 radical (unpaired) electrons. The predicted octanol–water partition coefficient (Wildman–Crippen LogP) is 3.19. The summed E-state index contributed by atoms with van der Waals surface area (Å²) < 4.78 is 13.2. The lowest BCUT2D eigenvalue weighted by Gasteiger charge is -2.20. The molecular formula is C22H32ClN5O2. The molecule has 2 heterocycles. The van der Waals surface area contributed by atoms with Crippen LogP contribution in [0.2, 0.25) is 5.02 Å². The number of fused-ring (bicyclic) bond motifs is 1. The second kappa shape index (κ2) is 10.1. The van der Waals surface area contributed by atoms with Crippen LogP contribution in [0.4, 0.5) is 0 Å². The van der Waals surface area contributed by atoms with E-state index in [0.29, 0.717) is 36.3 Å². The quantitative estimate of drug-likeness (QED) is 0.518. The van der Waals surface area contributed by atoms with Gasteiger partial charge < -0.3 is 20.1 Å². The van der Waals surface area contributed by atoms with Crippen LogP contribution >= 0.6 is 11.6 Å². The number of hydrogen-bond donors (Lipinski definition) is 2. The van der Waals surface area contributed by atoms with Crippen molar-refractivity contribution in [3.8, 4) is 11.5 Å². The monoisotopic (exact) mass is 433 g/mol. The van der Waals surface area contributed by atoms with E-state index in [2.05, 4.69) is 43.4 Å². The second-order valence-electron chi connectivity index (χ2n) is 7.63. The fourth-order valence-corrected chi connectivity index (χ4v) is 3.92. The molecule has 0 aliphatic carbocycles. The van der Waals surface area contributed by atoms with Gasteiger partial charge in [0.2, 0.25) is 0 Å². The molecule has 1 aromatic carbocycles. The van der Waals surface area contributed by atoms with Crippen LogP contribution in [-0.4, -0.2) is 48.1 Å². The highest BCUT2D eigenvalue weighted by molar-refractivity contribution is 6.32. The van der Waals surface area contributed by atoms with E-state index >= 15 is 0 Å². The number of benzene rings is 1. The van der Waals surface area contributed by atoms with Gasteiger partial charge >= 0.3 is 0 Å². The van der Waals surface area contributed by atoms with E-state index in [1.807, 2.05) is 23.9 Å². The molecule has 1 aliphatic rings. The first-order chi connectivity index (χ1) is 14.4. The number of halogens is 1.